The SMILES string of the molecule is Cc1ccc(-c2nc(CCNC(=O)C3CC(c4ccccc4)NN3)co2)cc1. The van der Waals surface area contributed by atoms with Crippen molar-refractivity contribution in [1.29, 1.82) is 0 Å². The molecule has 2 unspecified atom stereocenters. The Hall–Kier alpha value is -2.96. The zero-order valence-electron chi connectivity index (χ0n) is 15.8. The van der Waals surface area contributed by atoms with Crippen LogP contribution in [0.15, 0.2) is 65.3 Å². The van der Waals surface area contributed by atoms with E-state index in [1.807, 2.05) is 49.4 Å². The fourth-order valence-electron chi connectivity index (χ4n) is 3.32. The lowest BCUT2D eigenvalue weighted by molar-refractivity contribution is -0.122. The van der Waals surface area contributed by atoms with Crippen LogP contribution in [0.4, 0.5) is 0 Å². The van der Waals surface area contributed by atoms with E-state index in [-0.39, 0.29) is 18.0 Å². The van der Waals surface area contributed by atoms with Crippen LogP contribution >= 0.6 is 0 Å². The fraction of sp³-hybridized carbons (Fsp3) is 0.273. The lowest BCUT2D eigenvalue weighted by Crippen LogP contribution is -2.43. The normalized spacial score (nSPS) is 18.9. The summed E-state index contributed by atoms with van der Waals surface area (Å²) in [5, 5.41) is 2.98. The first kappa shape index (κ1) is 18.4. The van der Waals surface area contributed by atoms with Gasteiger partial charge in [0.1, 0.15) is 12.3 Å². The van der Waals surface area contributed by atoms with Crippen molar-refractivity contribution in [2.24, 2.45) is 0 Å². The van der Waals surface area contributed by atoms with Crippen LogP contribution in [-0.2, 0) is 11.2 Å². The van der Waals surface area contributed by atoms with E-state index >= 15 is 0 Å². The number of carbonyl (C=O) groups excluding carboxylic acids is 1. The molecule has 144 valence electrons. The molecule has 0 aliphatic carbocycles. The van der Waals surface area contributed by atoms with Gasteiger partial charge in [0.25, 0.3) is 0 Å². The number of hydrogen-bond donors (Lipinski definition) is 3. The number of aryl methyl sites for hydroxylation is 1. The average Bonchev–Trinajstić information content (AvgIpc) is 3.39. The van der Waals surface area contributed by atoms with E-state index in [0.29, 0.717) is 18.9 Å². The van der Waals surface area contributed by atoms with Gasteiger partial charge in [-0.3, -0.25) is 4.79 Å². The quantitative estimate of drug-likeness (QED) is 0.616. The Bertz CT molecular complexity index is 921. The number of carbonyl (C=O) groups is 1. The summed E-state index contributed by atoms with van der Waals surface area (Å²) < 4.78 is 5.56. The molecule has 0 saturated carbocycles. The predicted molar refractivity (Wildman–Crippen MR) is 107 cm³/mol. The number of hydrogen-bond acceptors (Lipinski definition) is 5. The molecule has 0 radical (unpaired) electrons. The van der Waals surface area contributed by atoms with Gasteiger partial charge >= 0.3 is 0 Å². The summed E-state index contributed by atoms with van der Waals surface area (Å²) in [5.41, 5.74) is 10.4. The molecule has 6 heteroatoms. The Labute approximate surface area is 164 Å². The van der Waals surface area contributed by atoms with Crippen molar-refractivity contribution in [3.05, 3.63) is 77.7 Å². The summed E-state index contributed by atoms with van der Waals surface area (Å²) in [5.74, 6) is 0.599. The number of amides is 1. The van der Waals surface area contributed by atoms with Crippen molar-refractivity contribution in [1.82, 2.24) is 21.2 Å². The first-order chi connectivity index (χ1) is 13.7. The maximum Gasteiger partial charge on any atom is 0.238 e. The molecule has 28 heavy (non-hydrogen) atoms. The van der Waals surface area contributed by atoms with Gasteiger partial charge in [-0.2, -0.15) is 0 Å². The third-order valence-electron chi connectivity index (χ3n) is 4.95. The van der Waals surface area contributed by atoms with Gasteiger partial charge in [-0.15, -0.1) is 0 Å². The molecule has 4 rings (SSSR count). The molecule has 1 amide bonds. The Morgan fingerprint density at radius 2 is 1.93 bits per heavy atom. The zero-order chi connectivity index (χ0) is 19.3. The predicted octanol–water partition coefficient (Wildman–Crippen LogP) is 2.92. The molecule has 1 fully saturated rings. The molecular weight excluding hydrogens is 352 g/mol. The Balaban J connectivity index is 1.25. The van der Waals surface area contributed by atoms with Gasteiger partial charge in [-0.1, -0.05) is 48.0 Å². The van der Waals surface area contributed by atoms with Crippen LogP contribution in [0.25, 0.3) is 11.5 Å². The Morgan fingerprint density at radius 1 is 1.14 bits per heavy atom. The van der Waals surface area contributed by atoms with E-state index < -0.39 is 0 Å². The summed E-state index contributed by atoms with van der Waals surface area (Å²) in [6.07, 6.45) is 3.00. The zero-order valence-corrected chi connectivity index (χ0v) is 15.8. The summed E-state index contributed by atoms with van der Waals surface area (Å²) >= 11 is 0. The number of oxazole rings is 1. The standard InChI is InChI=1S/C22H24N4O2/c1-15-7-9-17(10-8-15)22-24-18(14-28-22)11-12-23-21(27)20-13-19(25-26-20)16-5-3-2-4-6-16/h2-10,14,19-20,25-26H,11-13H2,1H3,(H,23,27). The van der Waals surface area contributed by atoms with Gasteiger partial charge in [0.05, 0.1) is 5.69 Å². The van der Waals surface area contributed by atoms with E-state index in [2.05, 4.69) is 33.3 Å². The topological polar surface area (TPSA) is 79.2 Å². The van der Waals surface area contributed by atoms with E-state index in [9.17, 15) is 4.79 Å². The minimum Gasteiger partial charge on any atom is -0.444 e. The molecule has 0 spiro atoms. The molecule has 6 nitrogen and oxygen atoms in total. The van der Waals surface area contributed by atoms with Gasteiger partial charge in [0.2, 0.25) is 11.8 Å². The van der Waals surface area contributed by atoms with Gasteiger partial charge in [-0.05, 0) is 31.0 Å². The summed E-state index contributed by atoms with van der Waals surface area (Å²) in [7, 11) is 0. The molecule has 3 N–H and O–H groups in total. The largest absolute Gasteiger partial charge is 0.444 e. The van der Waals surface area contributed by atoms with E-state index in [4.69, 9.17) is 4.42 Å². The van der Waals surface area contributed by atoms with Crippen molar-refractivity contribution in [3.8, 4) is 11.5 Å². The Kier molecular flexibility index (Phi) is 5.50. The molecule has 3 aromatic rings. The van der Waals surface area contributed by atoms with Crippen molar-refractivity contribution < 1.29 is 9.21 Å². The van der Waals surface area contributed by atoms with Gasteiger partial charge in [-0.25, -0.2) is 15.8 Å². The fourth-order valence-corrected chi connectivity index (χ4v) is 3.32. The molecular formula is C22H24N4O2. The lowest BCUT2D eigenvalue weighted by atomic mass is 10.0. The molecule has 1 aromatic heterocycles. The van der Waals surface area contributed by atoms with Crippen LogP contribution in [0.1, 0.15) is 29.3 Å². The second kappa shape index (κ2) is 8.37. The minimum atomic E-state index is -0.245. The summed E-state index contributed by atoms with van der Waals surface area (Å²) in [4.78, 5) is 16.9. The number of aromatic nitrogens is 1. The van der Waals surface area contributed by atoms with E-state index in [1.54, 1.807) is 6.26 Å². The molecule has 1 saturated heterocycles. The number of rotatable bonds is 6. The second-order valence-electron chi connectivity index (χ2n) is 7.09. The maximum absolute atomic E-state index is 12.4. The van der Waals surface area contributed by atoms with Crippen LogP contribution in [0.5, 0.6) is 0 Å². The third kappa shape index (κ3) is 4.30. The van der Waals surface area contributed by atoms with Gasteiger partial charge < -0.3 is 9.73 Å². The van der Waals surface area contributed by atoms with Gasteiger partial charge in [0, 0.05) is 24.6 Å². The number of nitrogens with one attached hydrogen (secondary N) is 3. The minimum absolute atomic E-state index is 0.00631. The lowest BCUT2D eigenvalue weighted by Gasteiger charge is -2.10. The highest BCUT2D eigenvalue weighted by molar-refractivity contribution is 5.82. The van der Waals surface area contributed by atoms with Crippen LogP contribution in [0, 0.1) is 6.92 Å². The van der Waals surface area contributed by atoms with Crippen molar-refractivity contribution in [2.45, 2.75) is 31.8 Å². The summed E-state index contributed by atoms with van der Waals surface area (Å²) in [6.45, 7) is 2.57. The highest BCUT2D eigenvalue weighted by Crippen LogP contribution is 2.22. The van der Waals surface area contributed by atoms with Gasteiger partial charge in [0.15, 0.2) is 0 Å². The highest BCUT2D eigenvalue weighted by atomic mass is 16.3. The molecule has 1 aliphatic rings. The molecule has 2 heterocycles. The molecule has 0 bridgehead atoms. The number of nitrogens with zero attached hydrogens (tertiary/aromatic N) is 1. The maximum atomic E-state index is 12.4. The monoisotopic (exact) mass is 376 g/mol. The molecule has 1 aliphatic heterocycles. The summed E-state index contributed by atoms with van der Waals surface area (Å²) in [6, 6.07) is 18.1. The number of benzene rings is 2. The highest BCUT2D eigenvalue weighted by Gasteiger charge is 2.29. The number of hydrazine groups is 1. The van der Waals surface area contributed by atoms with E-state index in [1.165, 1.54) is 11.1 Å². The average molecular weight is 376 g/mol. The first-order valence-corrected chi connectivity index (χ1v) is 9.54. The van der Waals surface area contributed by atoms with Crippen molar-refractivity contribution in [2.75, 3.05) is 6.54 Å². The second-order valence-corrected chi connectivity index (χ2v) is 7.09. The van der Waals surface area contributed by atoms with E-state index in [0.717, 1.165) is 17.7 Å². The Morgan fingerprint density at radius 3 is 2.71 bits per heavy atom. The van der Waals surface area contributed by atoms with Crippen LogP contribution in [0.2, 0.25) is 0 Å². The molecule has 2 aromatic carbocycles. The molecule has 2 atom stereocenters. The van der Waals surface area contributed by atoms with Crippen molar-refractivity contribution in [3.63, 3.8) is 0 Å². The third-order valence-corrected chi connectivity index (χ3v) is 4.95. The van der Waals surface area contributed by atoms with Crippen LogP contribution in [0.3, 0.4) is 0 Å². The van der Waals surface area contributed by atoms with Crippen molar-refractivity contribution >= 4 is 5.91 Å². The van der Waals surface area contributed by atoms with Crippen LogP contribution < -0.4 is 16.2 Å². The van der Waals surface area contributed by atoms with Crippen LogP contribution in [-0.4, -0.2) is 23.5 Å². The first-order valence-electron chi connectivity index (χ1n) is 9.54. The smallest absolute Gasteiger partial charge is 0.238 e.